The molecule has 2 rings (SSSR count). The van der Waals surface area contributed by atoms with Crippen LogP contribution in [0.15, 0.2) is 48.5 Å². The van der Waals surface area contributed by atoms with Crippen LogP contribution in [0.25, 0.3) is 0 Å². The van der Waals surface area contributed by atoms with Gasteiger partial charge in [-0.1, -0.05) is 0 Å². The van der Waals surface area contributed by atoms with E-state index in [0.717, 1.165) is 11.5 Å². The summed E-state index contributed by atoms with van der Waals surface area (Å²) in [7, 11) is 0. The van der Waals surface area contributed by atoms with Crippen molar-refractivity contribution in [3.63, 3.8) is 0 Å². The van der Waals surface area contributed by atoms with Crippen molar-refractivity contribution in [2.75, 3.05) is 10.6 Å². The van der Waals surface area contributed by atoms with Gasteiger partial charge in [-0.2, -0.15) is 0 Å². The number of ether oxygens (including phenoxy) is 2. The summed E-state index contributed by atoms with van der Waals surface area (Å²) >= 11 is 0. The Bertz CT molecular complexity index is 701. The van der Waals surface area contributed by atoms with E-state index in [9.17, 15) is 9.59 Å². The topological polar surface area (TPSA) is 76.7 Å². The highest BCUT2D eigenvalue weighted by Crippen LogP contribution is 2.18. The Morgan fingerprint density at radius 1 is 0.679 bits per heavy atom. The third-order valence-corrected chi connectivity index (χ3v) is 3.60. The monoisotopic (exact) mass is 384 g/mol. The molecule has 0 spiro atoms. The van der Waals surface area contributed by atoms with Crippen LogP contribution < -0.4 is 20.1 Å². The van der Waals surface area contributed by atoms with Gasteiger partial charge in [-0.3, -0.25) is 9.59 Å². The van der Waals surface area contributed by atoms with Crippen molar-refractivity contribution in [2.45, 2.75) is 52.7 Å². The number of benzene rings is 2. The van der Waals surface area contributed by atoms with Gasteiger partial charge in [-0.25, -0.2) is 0 Å². The van der Waals surface area contributed by atoms with E-state index >= 15 is 0 Å². The predicted octanol–water partition coefficient (Wildman–Crippen LogP) is 4.62. The minimum Gasteiger partial charge on any atom is -0.491 e. The summed E-state index contributed by atoms with van der Waals surface area (Å²) in [6, 6.07) is 14.3. The molecule has 0 radical (unpaired) electrons. The molecule has 2 N–H and O–H groups in total. The second kappa shape index (κ2) is 10.3. The molecule has 0 bridgehead atoms. The van der Waals surface area contributed by atoms with Crippen LogP contribution in [0.4, 0.5) is 11.4 Å². The molecule has 0 unspecified atom stereocenters. The van der Waals surface area contributed by atoms with Gasteiger partial charge in [-0.15, -0.1) is 0 Å². The van der Waals surface area contributed by atoms with E-state index in [2.05, 4.69) is 10.6 Å². The van der Waals surface area contributed by atoms with E-state index in [4.69, 9.17) is 9.47 Å². The fourth-order valence-electron chi connectivity index (χ4n) is 2.45. The van der Waals surface area contributed by atoms with Crippen molar-refractivity contribution >= 4 is 23.2 Å². The second-order valence-corrected chi connectivity index (χ2v) is 6.98. The molecule has 150 valence electrons. The van der Waals surface area contributed by atoms with Crippen LogP contribution in [0.5, 0.6) is 11.5 Å². The lowest BCUT2D eigenvalue weighted by Gasteiger charge is -2.11. The molecule has 0 heterocycles. The van der Waals surface area contributed by atoms with Gasteiger partial charge in [0.15, 0.2) is 0 Å². The summed E-state index contributed by atoms with van der Waals surface area (Å²) in [4.78, 5) is 24.1. The summed E-state index contributed by atoms with van der Waals surface area (Å²) < 4.78 is 11.1. The third kappa shape index (κ3) is 7.70. The first kappa shape index (κ1) is 21.3. The Morgan fingerprint density at radius 3 is 1.29 bits per heavy atom. The number of hydrogen-bond acceptors (Lipinski definition) is 4. The maximum atomic E-state index is 12.0. The number of carbonyl (C=O) groups excluding carboxylic acids is 2. The van der Waals surface area contributed by atoms with Gasteiger partial charge in [0.05, 0.1) is 12.2 Å². The lowest BCUT2D eigenvalue weighted by molar-refractivity contribution is -0.121. The maximum Gasteiger partial charge on any atom is 0.224 e. The van der Waals surface area contributed by atoms with Crippen molar-refractivity contribution in [3.05, 3.63) is 48.5 Å². The Kier molecular flexibility index (Phi) is 7.87. The summed E-state index contributed by atoms with van der Waals surface area (Å²) in [6.45, 7) is 7.81. The highest BCUT2D eigenvalue weighted by atomic mass is 16.5. The van der Waals surface area contributed by atoms with Crippen LogP contribution >= 0.6 is 0 Å². The molecule has 6 heteroatoms. The average molecular weight is 384 g/mol. The quantitative estimate of drug-likeness (QED) is 0.661. The molecule has 2 aromatic rings. The smallest absolute Gasteiger partial charge is 0.224 e. The molecule has 0 aliphatic carbocycles. The SMILES string of the molecule is CC(C)Oc1ccc(NC(=O)CCC(=O)Nc2ccc(OC(C)C)cc2)cc1. The standard InChI is InChI=1S/C22H28N2O4/c1-15(2)27-19-9-5-17(6-10-19)23-21(25)13-14-22(26)24-18-7-11-20(12-8-18)28-16(3)4/h5-12,15-16H,13-14H2,1-4H3,(H,23,25)(H,24,26). The molecule has 0 atom stereocenters. The molecule has 28 heavy (non-hydrogen) atoms. The first-order valence-electron chi connectivity index (χ1n) is 9.45. The summed E-state index contributed by atoms with van der Waals surface area (Å²) in [5, 5.41) is 5.55. The molecular weight excluding hydrogens is 356 g/mol. The summed E-state index contributed by atoms with van der Waals surface area (Å²) in [5.41, 5.74) is 1.34. The van der Waals surface area contributed by atoms with E-state index in [1.54, 1.807) is 48.5 Å². The molecule has 2 aromatic carbocycles. The molecule has 0 aromatic heterocycles. The average Bonchev–Trinajstić information content (AvgIpc) is 2.62. The van der Waals surface area contributed by atoms with E-state index in [1.807, 2.05) is 27.7 Å². The molecule has 0 fully saturated rings. The van der Waals surface area contributed by atoms with Crippen molar-refractivity contribution in [3.8, 4) is 11.5 Å². The highest BCUT2D eigenvalue weighted by Gasteiger charge is 2.08. The Morgan fingerprint density at radius 2 is 1.00 bits per heavy atom. The molecule has 0 saturated heterocycles. The zero-order valence-electron chi connectivity index (χ0n) is 16.8. The Balaban J connectivity index is 1.75. The van der Waals surface area contributed by atoms with Crippen molar-refractivity contribution in [1.29, 1.82) is 0 Å². The van der Waals surface area contributed by atoms with Crippen LogP contribution in [0.2, 0.25) is 0 Å². The van der Waals surface area contributed by atoms with Crippen LogP contribution in [-0.2, 0) is 9.59 Å². The minimum atomic E-state index is -0.214. The van der Waals surface area contributed by atoms with Crippen molar-refractivity contribution in [1.82, 2.24) is 0 Å². The van der Waals surface area contributed by atoms with Crippen LogP contribution in [0, 0.1) is 0 Å². The van der Waals surface area contributed by atoms with E-state index in [-0.39, 0.29) is 36.9 Å². The molecule has 0 aliphatic rings. The third-order valence-electron chi connectivity index (χ3n) is 3.60. The van der Waals surface area contributed by atoms with E-state index in [0.29, 0.717) is 11.4 Å². The maximum absolute atomic E-state index is 12.0. The second-order valence-electron chi connectivity index (χ2n) is 6.98. The molecule has 6 nitrogen and oxygen atoms in total. The van der Waals surface area contributed by atoms with Crippen LogP contribution in [-0.4, -0.2) is 24.0 Å². The fourth-order valence-corrected chi connectivity index (χ4v) is 2.45. The van der Waals surface area contributed by atoms with E-state index in [1.165, 1.54) is 0 Å². The number of hydrogen-bond donors (Lipinski definition) is 2. The summed E-state index contributed by atoms with van der Waals surface area (Å²) in [5.74, 6) is 1.07. The van der Waals surface area contributed by atoms with Gasteiger partial charge < -0.3 is 20.1 Å². The normalized spacial score (nSPS) is 10.6. The van der Waals surface area contributed by atoms with Gasteiger partial charge in [-0.05, 0) is 76.2 Å². The first-order valence-corrected chi connectivity index (χ1v) is 9.45. The number of carbonyl (C=O) groups is 2. The molecule has 0 aliphatic heterocycles. The number of nitrogens with one attached hydrogen (secondary N) is 2. The predicted molar refractivity (Wildman–Crippen MR) is 111 cm³/mol. The zero-order valence-corrected chi connectivity index (χ0v) is 16.8. The number of rotatable bonds is 9. The lowest BCUT2D eigenvalue weighted by atomic mass is 10.2. The number of anilines is 2. The van der Waals surface area contributed by atoms with E-state index < -0.39 is 0 Å². The fraction of sp³-hybridized carbons (Fsp3) is 0.364. The van der Waals surface area contributed by atoms with Gasteiger partial charge in [0.2, 0.25) is 11.8 Å². The van der Waals surface area contributed by atoms with Gasteiger partial charge in [0.1, 0.15) is 11.5 Å². The first-order chi connectivity index (χ1) is 13.3. The molecule has 2 amide bonds. The van der Waals surface area contributed by atoms with Gasteiger partial charge >= 0.3 is 0 Å². The van der Waals surface area contributed by atoms with Crippen LogP contribution in [0.1, 0.15) is 40.5 Å². The zero-order chi connectivity index (χ0) is 20.5. The van der Waals surface area contributed by atoms with Crippen LogP contribution in [0.3, 0.4) is 0 Å². The minimum absolute atomic E-state index is 0.0953. The molecular formula is C22H28N2O4. The largest absolute Gasteiger partial charge is 0.491 e. The van der Waals surface area contributed by atoms with Crippen molar-refractivity contribution in [2.24, 2.45) is 0 Å². The number of amides is 2. The lowest BCUT2D eigenvalue weighted by Crippen LogP contribution is -2.17. The highest BCUT2D eigenvalue weighted by molar-refractivity contribution is 5.96. The van der Waals surface area contributed by atoms with Gasteiger partial charge in [0, 0.05) is 24.2 Å². The van der Waals surface area contributed by atoms with Crippen molar-refractivity contribution < 1.29 is 19.1 Å². The summed E-state index contributed by atoms with van der Waals surface area (Å²) in [6.07, 6.45) is 0.394. The molecule has 0 saturated carbocycles. The van der Waals surface area contributed by atoms with Gasteiger partial charge in [0.25, 0.3) is 0 Å². The Hall–Kier alpha value is -3.02. The Labute approximate surface area is 166 Å².